The number of hydrogen-bond donors (Lipinski definition) is 3. The minimum Gasteiger partial charge on any atom is -0.374 e. The molecule has 1 aliphatic rings. The molecule has 5 nitrogen and oxygen atoms in total. The molecule has 1 fully saturated rings. The van der Waals surface area contributed by atoms with Crippen molar-refractivity contribution >= 4 is 33.6 Å². The van der Waals surface area contributed by atoms with Gasteiger partial charge in [-0.15, -0.1) is 11.3 Å². The van der Waals surface area contributed by atoms with E-state index >= 15 is 0 Å². The highest BCUT2D eigenvalue weighted by Crippen LogP contribution is 2.32. The first-order valence-corrected chi connectivity index (χ1v) is 9.54. The van der Waals surface area contributed by atoms with Crippen molar-refractivity contribution in [2.24, 2.45) is 0 Å². The molecule has 2 heterocycles. The number of thiophene rings is 1. The molecule has 1 aliphatic carbocycles. The van der Waals surface area contributed by atoms with Crippen LogP contribution in [-0.2, 0) is 0 Å². The summed E-state index contributed by atoms with van der Waals surface area (Å²) >= 11 is 1.43. The first kappa shape index (κ1) is 17.6. The van der Waals surface area contributed by atoms with E-state index in [2.05, 4.69) is 15.6 Å². The topological polar surface area (TPSA) is 77.9 Å². The third kappa shape index (κ3) is 4.45. The van der Waals surface area contributed by atoms with Gasteiger partial charge in [-0.1, -0.05) is 19.3 Å². The third-order valence-electron chi connectivity index (χ3n) is 4.47. The summed E-state index contributed by atoms with van der Waals surface area (Å²) in [6.07, 6.45) is 7.77. The number of rotatable bonds is 5. The molecule has 0 bridgehead atoms. The fourth-order valence-electron chi connectivity index (χ4n) is 3.06. The summed E-state index contributed by atoms with van der Waals surface area (Å²) in [5.74, 6) is -0.158. The number of nitrogens with zero attached hydrogens (tertiary/aromatic N) is 1. The van der Waals surface area contributed by atoms with Crippen LogP contribution in [0.25, 0.3) is 0 Å². The number of carbonyl (C=O) groups is 1. The number of aromatic nitrogens is 1. The van der Waals surface area contributed by atoms with Crippen molar-refractivity contribution in [2.45, 2.75) is 52.0 Å². The van der Waals surface area contributed by atoms with Crippen LogP contribution in [0.15, 0.2) is 24.4 Å². The van der Waals surface area contributed by atoms with Gasteiger partial charge in [0.15, 0.2) is 0 Å². The largest absolute Gasteiger partial charge is 0.374 e. The molecule has 2 aromatic rings. The van der Waals surface area contributed by atoms with E-state index < -0.39 is 0 Å². The maximum Gasteiger partial charge on any atom is 0.265 e. The van der Waals surface area contributed by atoms with Crippen LogP contribution < -0.4 is 10.6 Å². The van der Waals surface area contributed by atoms with Gasteiger partial charge >= 0.3 is 0 Å². The number of pyridine rings is 1. The van der Waals surface area contributed by atoms with Crippen LogP contribution in [0, 0.1) is 12.3 Å². The molecule has 0 atom stereocenters. The minimum absolute atomic E-state index is 0.158. The van der Waals surface area contributed by atoms with Gasteiger partial charge in [0.2, 0.25) is 0 Å². The lowest BCUT2D eigenvalue weighted by Crippen LogP contribution is -2.22. The number of nitrogens with one attached hydrogen (secondary N) is 3. The number of aryl methyl sites for hydroxylation is 1. The predicted octanol–water partition coefficient (Wildman–Crippen LogP) is 4.84. The van der Waals surface area contributed by atoms with Gasteiger partial charge in [0.25, 0.3) is 5.91 Å². The summed E-state index contributed by atoms with van der Waals surface area (Å²) in [7, 11) is 0. The maximum atomic E-state index is 12.6. The highest BCUT2D eigenvalue weighted by Gasteiger charge is 2.20. The van der Waals surface area contributed by atoms with Gasteiger partial charge in [-0.2, -0.15) is 0 Å². The number of hydrogen-bond acceptors (Lipinski definition) is 5. The lowest BCUT2D eigenvalue weighted by molar-refractivity contribution is 0.103. The Morgan fingerprint density at radius 2 is 2.04 bits per heavy atom. The van der Waals surface area contributed by atoms with Crippen molar-refractivity contribution in [1.82, 2.24) is 4.98 Å². The third-order valence-corrected chi connectivity index (χ3v) is 5.53. The van der Waals surface area contributed by atoms with Crippen molar-refractivity contribution < 1.29 is 4.79 Å². The molecule has 1 amide bonds. The number of amides is 1. The zero-order valence-corrected chi connectivity index (χ0v) is 15.5. The summed E-state index contributed by atoms with van der Waals surface area (Å²) in [6.45, 7) is 3.67. The normalized spacial score (nSPS) is 15.0. The Labute approximate surface area is 152 Å². The van der Waals surface area contributed by atoms with E-state index in [1.807, 2.05) is 25.1 Å². The van der Waals surface area contributed by atoms with Crippen LogP contribution in [0.1, 0.15) is 60.0 Å². The van der Waals surface area contributed by atoms with Crippen molar-refractivity contribution in [3.63, 3.8) is 0 Å². The molecule has 132 valence electrons. The average molecular weight is 356 g/mol. The van der Waals surface area contributed by atoms with Crippen molar-refractivity contribution in [3.8, 4) is 0 Å². The van der Waals surface area contributed by atoms with Crippen LogP contribution in [-0.4, -0.2) is 22.6 Å². The number of anilines is 2. The Balaban J connectivity index is 1.76. The van der Waals surface area contributed by atoms with E-state index in [4.69, 9.17) is 5.41 Å². The predicted molar refractivity (Wildman–Crippen MR) is 104 cm³/mol. The molecule has 25 heavy (non-hydrogen) atoms. The highest BCUT2D eigenvalue weighted by molar-refractivity contribution is 7.18. The van der Waals surface area contributed by atoms with E-state index in [-0.39, 0.29) is 5.91 Å². The van der Waals surface area contributed by atoms with Crippen molar-refractivity contribution in [2.75, 3.05) is 10.6 Å². The molecule has 6 heteroatoms. The van der Waals surface area contributed by atoms with Gasteiger partial charge < -0.3 is 16.0 Å². The number of carbonyl (C=O) groups excluding carboxylic acids is 1. The van der Waals surface area contributed by atoms with Crippen LogP contribution in [0.5, 0.6) is 0 Å². The SMILES string of the molecule is CC(=N)c1cc(C(=O)Nc2ccc(C)nc2)sc1NC1CCCCC1. The van der Waals surface area contributed by atoms with E-state index in [0.29, 0.717) is 22.3 Å². The molecule has 3 rings (SSSR count). The first-order valence-electron chi connectivity index (χ1n) is 8.73. The molecular weight excluding hydrogens is 332 g/mol. The zero-order chi connectivity index (χ0) is 17.8. The second-order valence-corrected chi connectivity index (χ2v) is 7.65. The Bertz CT molecular complexity index is 760. The zero-order valence-electron chi connectivity index (χ0n) is 14.7. The molecule has 0 aromatic carbocycles. The van der Waals surface area contributed by atoms with Gasteiger partial charge in [-0.05, 0) is 44.9 Å². The Kier molecular flexibility index (Phi) is 5.48. The fourth-order valence-corrected chi connectivity index (χ4v) is 4.14. The second kappa shape index (κ2) is 7.78. The molecule has 0 saturated heterocycles. The average Bonchev–Trinajstić information content (AvgIpc) is 3.02. The van der Waals surface area contributed by atoms with Gasteiger partial charge in [0, 0.05) is 23.0 Å². The Morgan fingerprint density at radius 1 is 1.28 bits per heavy atom. The van der Waals surface area contributed by atoms with Gasteiger partial charge in [0.1, 0.15) is 0 Å². The summed E-state index contributed by atoms with van der Waals surface area (Å²) in [5, 5.41) is 15.4. The second-order valence-electron chi connectivity index (χ2n) is 6.60. The highest BCUT2D eigenvalue weighted by atomic mass is 32.1. The summed E-state index contributed by atoms with van der Waals surface area (Å²) in [6, 6.07) is 5.97. The van der Waals surface area contributed by atoms with E-state index in [9.17, 15) is 4.79 Å². The summed E-state index contributed by atoms with van der Waals surface area (Å²) in [4.78, 5) is 17.4. The monoisotopic (exact) mass is 356 g/mol. The molecule has 0 spiro atoms. The van der Waals surface area contributed by atoms with Gasteiger partial charge in [-0.25, -0.2) is 0 Å². The Morgan fingerprint density at radius 3 is 2.68 bits per heavy atom. The molecule has 3 N–H and O–H groups in total. The summed E-state index contributed by atoms with van der Waals surface area (Å²) in [5.41, 5.74) is 2.89. The molecule has 1 saturated carbocycles. The summed E-state index contributed by atoms with van der Waals surface area (Å²) < 4.78 is 0. The lowest BCUT2D eigenvalue weighted by atomic mass is 9.95. The standard InChI is InChI=1S/C19H24N4OS/c1-12-8-9-15(11-21-12)22-18(24)17-10-16(13(2)20)19(25-17)23-14-6-4-3-5-7-14/h8-11,14,20,23H,3-7H2,1-2H3,(H,22,24). The first-order chi connectivity index (χ1) is 12.0. The molecule has 2 aromatic heterocycles. The quantitative estimate of drug-likeness (QED) is 0.671. The van der Waals surface area contributed by atoms with E-state index in [0.717, 1.165) is 29.1 Å². The van der Waals surface area contributed by atoms with E-state index in [1.54, 1.807) is 13.1 Å². The fraction of sp³-hybridized carbons (Fsp3) is 0.421. The maximum absolute atomic E-state index is 12.6. The van der Waals surface area contributed by atoms with Crippen molar-refractivity contribution in [3.05, 3.63) is 40.5 Å². The van der Waals surface area contributed by atoms with E-state index in [1.165, 1.54) is 30.6 Å². The molecule has 0 radical (unpaired) electrons. The lowest BCUT2D eigenvalue weighted by Gasteiger charge is -2.23. The molecular formula is C19H24N4OS. The van der Waals surface area contributed by atoms with Crippen LogP contribution in [0.2, 0.25) is 0 Å². The van der Waals surface area contributed by atoms with Crippen LogP contribution >= 0.6 is 11.3 Å². The van der Waals surface area contributed by atoms with Gasteiger partial charge in [0.05, 0.1) is 21.8 Å². The van der Waals surface area contributed by atoms with Crippen LogP contribution in [0.4, 0.5) is 10.7 Å². The molecule has 0 unspecified atom stereocenters. The Hall–Kier alpha value is -2.21. The van der Waals surface area contributed by atoms with Crippen molar-refractivity contribution in [1.29, 1.82) is 5.41 Å². The van der Waals surface area contributed by atoms with Gasteiger partial charge in [-0.3, -0.25) is 9.78 Å². The van der Waals surface area contributed by atoms with Crippen LogP contribution in [0.3, 0.4) is 0 Å². The minimum atomic E-state index is -0.158. The molecule has 0 aliphatic heterocycles. The smallest absolute Gasteiger partial charge is 0.265 e.